The van der Waals surface area contributed by atoms with Crippen LogP contribution in [-0.4, -0.2) is 40.2 Å². The lowest BCUT2D eigenvalue weighted by molar-refractivity contribution is -0.143. The van der Waals surface area contributed by atoms with Gasteiger partial charge in [-0.15, -0.1) is 0 Å². The third-order valence-corrected chi connectivity index (χ3v) is 4.95. The molecule has 2 aromatic rings. The minimum atomic E-state index is -0.658. The molecule has 4 nitrogen and oxygen atoms in total. The predicted octanol–water partition coefficient (Wildman–Crippen LogP) is 3.64. The summed E-state index contributed by atoms with van der Waals surface area (Å²) >= 11 is 0. The van der Waals surface area contributed by atoms with Crippen LogP contribution in [0, 0.1) is 5.92 Å². The van der Waals surface area contributed by atoms with Crippen LogP contribution in [0.2, 0.25) is 0 Å². The Hall–Kier alpha value is -2.33. The van der Waals surface area contributed by atoms with E-state index in [1.165, 1.54) is 16.8 Å². The second-order valence-electron chi connectivity index (χ2n) is 6.75. The standard InChI is InChI=1S/C21H26N2O2/c1-22-13-7-12-20(22)19(17-8-3-2-4-9-17)11-6-15-23-14-5-10-18(16-23)21(24)25/h2-4,7-9,11-13,18H,5-6,10,14-16H2,1H3,(H,24,25)/b19-11+/t18-/m1/s1. The number of aryl methyl sites for hydroxylation is 1. The molecular weight excluding hydrogens is 312 g/mol. The van der Waals surface area contributed by atoms with E-state index in [-0.39, 0.29) is 5.92 Å². The Morgan fingerprint density at radius 3 is 2.72 bits per heavy atom. The molecule has 132 valence electrons. The zero-order chi connectivity index (χ0) is 17.6. The number of nitrogens with zero attached hydrogens (tertiary/aromatic N) is 2. The van der Waals surface area contributed by atoms with Crippen LogP contribution in [0.25, 0.3) is 5.57 Å². The Morgan fingerprint density at radius 2 is 2.04 bits per heavy atom. The second-order valence-corrected chi connectivity index (χ2v) is 6.75. The maximum absolute atomic E-state index is 11.2. The van der Waals surface area contributed by atoms with E-state index < -0.39 is 5.97 Å². The molecule has 0 amide bonds. The molecule has 0 radical (unpaired) electrons. The van der Waals surface area contributed by atoms with Gasteiger partial charge in [0.05, 0.1) is 5.92 Å². The van der Waals surface area contributed by atoms with Gasteiger partial charge in [0.25, 0.3) is 0 Å². The molecule has 3 rings (SSSR count). The Balaban J connectivity index is 1.72. The van der Waals surface area contributed by atoms with Crippen molar-refractivity contribution in [3.8, 4) is 0 Å². The van der Waals surface area contributed by atoms with Crippen molar-refractivity contribution in [3.05, 3.63) is 66.0 Å². The Bertz CT molecular complexity index is 733. The number of carboxylic acids is 1. The Kier molecular flexibility index (Phi) is 5.71. The van der Waals surface area contributed by atoms with Crippen LogP contribution >= 0.6 is 0 Å². The van der Waals surface area contributed by atoms with Gasteiger partial charge in [-0.1, -0.05) is 36.4 Å². The van der Waals surface area contributed by atoms with Gasteiger partial charge in [-0.2, -0.15) is 0 Å². The molecule has 1 N–H and O–H groups in total. The van der Waals surface area contributed by atoms with E-state index in [9.17, 15) is 9.90 Å². The summed E-state index contributed by atoms with van der Waals surface area (Å²) in [6.07, 6.45) is 7.05. The lowest BCUT2D eigenvalue weighted by atomic mass is 9.97. The van der Waals surface area contributed by atoms with Gasteiger partial charge in [-0.05, 0) is 43.5 Å². The molecule has 25 heavy (non-hydrogen) atoms. The molecule has 1 aliphatic heterocycles. The zero-order valence-corrected chi connectivity index (χ0v) is 14.8. The molecule has 0 spiro atoms. The summed E-state index contributed by atoms with van der Waals surface area (Å²) in [5.74, 6) is -0.867. The van der Waals surface area contributed by atoms with Gasteiger partial charge in [0, 0.05) is 37.6 Å². The minimum Gasteiger partial charge on any atom is -0.481 e. The van der Waals surface area contributed by atoms with Gasteiger partial charge in [0.15, 0.2) is 0 Å². The summed E-state index contributed by atoms with van der Waals surface area (Å²) in [4.78, 5) is 13.5. The maximum Gasteiger partial charge on any atom is 0.307 e. The fourth-order valence-electron chi connectivity index (χ4n) is 3.58. The highest BCUT2D eigenvalue weighted by atomic mass is 16.4. The smallest absolute Gasteiger partial charge is 0.307 e. The fraction of sp³-hybridized carbons (Fsp3) is 0.381. The number of rotatable bonds is 6. The first kappa shape index (κ1) is 17.5. The number of likely N-dealkylation sites (tertiary alicyclic amines) is 1. The lowest BCUT2D eigenvalue weighted by Crippen LogP contribution is -2.39. The van der Waals surface area contributed by atoms with Gasteiger partial charge in [-0.25, -0.2) is 0 Å². The van der Waals surface area contributed by atoms with E-state index in [0.717, 1.165) is 32.4 Å². The summed E-state index contributed by atoms with van der Waals surface area (Å²) in [6.45, 7) is 2.58. The summed E-state index contributed by atoms with van der Waals surface area (Å²) < 4.78 is 2.14. The van der Waals surface area contributed by atoms with Crippen molar-refractivity contribution in [2.24, 2.45) is 13.0 Å². The fourth-order valence-corrected chi connectivity index (χ4v) is 3.58. The van der Waals surface area contributed by atoms with Crippen LogP contribution in [0.3, 0.4) is 0 Å². The highest BCUT2D eigenvalue weighted by Gasteiger charge is 2.24. The number of benzene rings is 1. The zero-order valence-electron chi connectivity index (χ0n) is 14.8. The van der Waals surface area contributed by atoms with Crippen molar-refractivity contribution in [2.75, 3.05) is 19.6 Å². The first-order valence-electron chi connectivity index (χ1n) is 8.97. The molecule has 1 aromatic heterocycles. The van der Waals surface area contributed by atoms with E-state index in [1.807, 2.05) is 6.07 Å². The average Bonchev–Trinajstić information content (AvgIpc) is 3.05. The number of carbonyl (C=O) groups is 1. The molecule has 0 unspecified atom stereocenters. The highest BCUT2D eigenvalue weighted by Crippen LogP contribution is 2.24. The molecule has 1 atom stereocenters. The van der Waals surface area contributed by atoms with Crippen molar-refractivity contribution in [3.63, 3.8) is 0 Å². The van der Waals surface area contributed by atoms with Crippen LogP contribution in [-0.2, 0) is 11.8 Å². The molecular formula is C21H26N2O2. The number of hydrogen-bond donors (Lipinski definition) is 1. The topological polar surface area (TPSA) is 45.5 Å². The summed E-state index contributed by atoms with van der Waals surface area (Å²) in [6, 6.07) is 14.6. The van der Waals surface area contributed by atoms with Gasteiger partial charge < -0.3 is 14.6 Å². The Labute approximate surface area is 149 Å². The molecule has 1 aromatic carbocycles. The van der Waals surface area contributed by atoms with Crippen molar-refractivity contribution < 1.29 is 9.90 Å². The number of carboxylic acid groups (broad SMARTS) is 1. The van der Waals surface area contributed by atoms with Gasteiger partial charge in [-0.3, -0.25) is 4.79 Å². The number of piperidine rings is 1. The van der Waals surface area contributed by atoms with E-state index in [0.29, 0.717) is 6.54 Å². The van der Waals surface area contributed by atoms with E-state index >= 15 is 0 Å². The molecule has 0 bridgehead atoms. The quantitative estimate of drug-likeness (QED) is 0.874. The first-order valence-corrected chi connectivity index (χ1v) is 8.97. The third-order valence-electron chi connectivity index (χ3n) is 4.95. The first-order chi connectivity index (χ1) is 12.1. The average molecular weight is 338 g/mol. The number of hydrogen-bond acceptors (Lipinski definition) is 2. The number of aromatic nitrogens is 1. The molecule has 0 saturated carbocycles. The molecule has 1 fully saturated rings. The summed E-state index contributed by atoms with van der Waals surface area (Å²) in [5, 5.41) is 9.23. The van der Waals surface area contributed by atoms with Gasteiger partial charge in [0.1, 0.15) is 0 Å². The Morgan fingerprint density at radius 1 is 1.24 bits per heavy atom. The molecule has 2 heterocycles. The van der Waals surface area contributed by atoms with Gasteiger partial charge in [0.2, 0.25) is 0 Å². The van der Waals surface area contributed by atoms with Crippen molar-refractivity contribution >= 4 is 11.5 Å². The highest BCUT2D eigenvalue weighted by molar-refractivity contribution is 5.78. The minimum absolute atomic E-state index is 0.209. The van der Waals surface area contributed by atoms with Crippen LogP contribution in [0.15, 0.2) is 54.7 Å². The number of aliphatic carboxylic acids is 1. The van der Waals surface area contributed by atoms with E-state index in [2.05, 4.69) is 65.2 Å². The molecule has 1 saturated heterocycles. The maximum atomic E-state index is 11.2. The summed E-state index contributed by atoms with van der Waals surface area (Å²) in [7, 11) is 2.06. The van der Waals surface area contributed by atoms with Crippen molar-refractivity contribution in [1.29, 1.82) is 0 Å². The van der Waals surface area contributed by atoms with E-state index in [1.54, 1.807) is 0 Å². The van der Waals surface area contributed by atoms with E-state index in [4.69, 9.17) is 0 Å². The van der Waals surface area contributed by atoms with Crippen molar-refractivity contribution in [1.82, 2.24) is 9.47 Å². The van der Waals surface area contributed by atoms with Crippen LogP contribution in [0.4, 0.5) is 0 Å². The van der Waals surface area contributed by atoms with Gasteiger partial charge >= 0.3 is 5.97 Å². The SMILES string of the molecule is Cn1cccc1/C(=C/CCN1CCC[C@@H](C(=O)O)C1)c1ccccc1. The second kappa shape index (κ2) is 8.17. The summed E-state index contributed by atoms with van der Waals surface area (Å²) in [5.41, 5.74) is 3.65. The molecule has 0 aliphatic carbocycles. The normalized spacial score (nSPS) is 19.1. The van der Waals surface area contributed by atoms with Crippen LogP contribution in [0.5, 0.6) is 0 Å². The lowest BCUT2D eigenvalue weighted by Gasteiger charge is -2.30. The van der Waals surface area contributed by atoms with Crippen LogP contribution < -0.4 is 0 Å². The third kappa shape index (κ3) is 4.40. The molecule has 4 heteroatoms. The predicted molar refractivity (Wildman–Crippen MR) is 100 cm³/mol. The monoisotopic (exact) mass is 338 g/mol. The largest absolute Gasteiger partial charge is 0.481 e. The van der Waals surface area contributed by atoms with Crippen LogP contribution in [0.1, 0.15) is 30.5 Å². The molecule has 1 aliphatic rings. The van der Waals surface area contributed by atoms with Crippen molar-refractivity contribution in [2.45, 2.75) is 19.3 Å².